The SMILES string of the molecule is O=C1NCCN1c1cnn(C2CN(C3CCCCC3)C2)c1. The molecule has 3 fully saturated rings. The predicted octanol–water partition coefficient (Wildman–Crippen LogP) is 1.60. The van der Waals surface area contributed by atoms with Gasteiger partial charge < -0.3 is 5.32 Å². The Hall–Kier alpha value is -1.56. The van der Waals surface area contributed by atoms with Crippen molar-refractivity contribution in [3.05, 3.63) is 12.4 Å². The molecule has 0 atom stereocenters. The molecule has 0 unspecified atom stereocenters. The summed E-state index contributed by atoms with van der Waals surface area (Å²) in [6.07, 6.45) is 10.8. The smallest absolute Gasteiger partial charge is 0.322 e. The van der Waals surface area contributed by atoms with Crippen LogP contribution in [0.2, 0.25) is 0 Å². The van der Waals surface area contributed by atoms with Crippen LogP contribution in [-0.2, 0) is 0 Å². The summed E-state index contributed by atoms with van der Waals surface area (Å²) in [5.41, 5.74) is 0.918. The number of nitrogens with one attached hydrogen (secondary N) is 1. The van der Waals surface area contributed by atoms with Crippen LogP contribution in [0.1, 0.15) is 38.1 Å². The zero-order valence-electron chi connectivity index (χ0n) is 12.4. The van der Waals surface area contributed by atoms with E-state index >= 15 is 0 Å². The maximum Gasteiger partial charge on any atom is 0.322 e. The number of rotatable bonds is 3. The van der Waals surface area contributed by atoms with Gasteiger partial charge in [0.1, 0.15) is 0 Å². The van der Waals surface area contributed by atoms with Crippen molar-refractivity contribution < 1.29 is 4.79 Å². The van der Waals surface area contributed by atoms with Gasteiger partial charge in [-0.3, -0.25) is 14.5 Å². The average Bonchev–Trinajstić information content (AvgIpc) is 3.07. The number of anilines is 1. The molecule has 2 saturated heterocycles. The van der Waals surface area contributed by atoms with Crippen LogP contribution in [0.4, 0.5) is 10.5 Å². The minimum Gasteiger partial charge on any atom is -0.336 e. The van der Waals surface area contributed by atoms with Crippen LogP contribution in [-0.4, -0.2) is 52.9 Å². The van der Waals surface area contributed by atoms with E-state index in [9.17, 15) is 4.79 Å². The van der Waals surface area contributed by atoms with Gasteiger partial charge >= 0.3 is 6.03 Å². The monoisotopic (exact) mass is 289 g/mol. The van der Waals surface area contributed by atoms with Gasteiger partial charge in [0, 0.05) is 38.4 Å². The Labute approximate surface area is 125 Å². The number of amides is 2. The van der Waals surface area contributed by atoms with Crippen molar-refractivity contribution in [1.29, 1.82) is 0 Å². The van der Waals surface area contributed by atoms with Gasteiger partial charge in [-0.05, 0) is 12.8 Å². The summed E-state index contributed by atoms with van der Waals surface area (Å²) in [7, 11) is 0. The summed E-state index contributed by atoms with van der Waals surface area (Å²) in [6.45, 7) is 3.68. The molecule has 0 radical (unpaired) electrons. The normalized spacial score (nSPS) is 25.1. The maximum atomic E-state index is 11.7. The quantitative estimate of drug-likeness (QED) is 0.919. The average molecular weight is 289 g/mol. The third-order valence-corrected chi connectivity index (χ3v) is 5.11. The van der Waals surface area contributed by atoms with E-state index < -0.39 is 0 Å². The molecule has 114 valence electrons. The van der Waals surface area contributed by atoms with Crippen molar-refractivity contribution in [2.24, 2.45) is 0 Å². The number of aromatic nitrogens is 2. The molecule has 21 heavy (non-hydrogen) atoms. The number of urea groups is 1. The van der Waals surface area contributed by atoms with E-state index in [0.29, 0.717) is 6.04 Å². The highest BCUT2D eigenvalue weighted by Crippen LogP contribution is 2.31. The Kier molecular flexibility index (Phi) is 3.33. The highest BCUT2D eigenvalue weighted by molar-refractivity contribution is 5.93. The highest BCUT2D eigenvalue weighted by atomic mass is 16.2. The van der Waals surface area contributed by atoms with E-state index in [4.69, 9.17) is 0 Å². The fraction of sp³-hybridized carbons (Fsp3) is 0.733. The van der Waals surface area contributed by atoms with Crippen molar-refractivity contribution in [3.8, 4) is 0 Å². The molecule has 1 N–H and O–H groups in total. The van der Waals surface area contributed by atoms with Gasteiger partial charge in [0.2, 0.25) is 0 Å². The van der Waals surface area contributed by atoms with Gasteiger partial charge in [-0.2, -0.15) is 5.10 Å². The van der Waals surface area contributed by atoms with Crippen molar-refractivity contribution in [1.82, 2.24) is 20.0 Å². The lowest BCUT2D eigenvalue weighted by molar-refractivity contribution is 0.0360. The lowest BCUT2D eigenvalue weighted by Crippen LogP contribution is -2.53. The predicted molar refractivity (Wildman–Crippen MR) is 80.5 cm³/mol. The van der Waals surface area contributed by atoms with Crippen molar-refractivity contribution in [2.75, 3.05) is 31.1 Å². The number of hydrogen-bond donors (Lipinski definition) is 1. The molecule has 3 heterocycles. The van der Waals surface area contributed by atoms with Crippen LogP contribution in [0.3, 0.4) is 0 Å². The fourth-order valence-electron chi connectivity index (χ4n) is 3.78. The fourth-order valence-corrected chi connectivity index (χ4v) is 3.78. The lowest BCUT2D eigenvalue weighted by atomic mass is 9.91. The van der Waals surface area contributed by atoms with Crippen molar-refractivity contribution in [2.45, 2.75) is 44.2 Å². The second-order valence-corrected chi connectivity index (χ2v) is 6.46. The summed E-state index contributed by atoms with van der Waals surface area (Å²) in [6, 6.07) is 1.27. The van der Waals surface area contributed by atoms with Gasteiger partial charge in [0.15, 0.2) is 0 Å². The van der Waals surface area contributed by atoms with Crippen LogP contribution >= 0.6 is 0 Å². The first-order chi connectivity index (χ1) is 10.3. The minimum atomic E-state index is -0.00742. The van der Waals surface area contributed by atoms with Gasteiger partial charge in [-0.15, -0.1) is 0 Å². The van der Waals surface area contributed by atoms with Gasteiger partial charge in [0.05, 0.1) is 17.9 Å². The van der Waals surface area contributed by atoms with Crippen LogP contribution in [0, 0.1) is 0 Å². The summed E-state index contributed by atoms with van der Waals surface area (Å²) < 4.78 is 2.04. The Balaban J connectivity index is 1.36. The molecule has 2 amide bonds. The van der Waals surface area contributed by atoms with Crippen molar-refractivity contribution in [3.63, 3.8) is 0 Å². The second kappa shape index (κ2) is 5.33. The molecule has 1 saturated carbocycles. The highest BCUT2D eigenvalue weighted by Gasteiger charge is 2.34. The first kappa shape index (κ1) is 13.1. The molecule has 1 aliphatic carbocycles. The van der Waals surface area contributed by atoms with E-state index in [-0.39, 0.29) is 6.03 Å². The van der Waals surface area contributed by atoms with Gasteiger partial charge in [-0.1, -0.05) is 19.3 Å². The van der Waals surface area contributed by atoms with Crippen LogP contribution in [0.5, 0.6) is 0 Å². The first-order valence-corrected chi connectivity index (χ1v) is 8.15. The number of hydrogen-bond acceptors (Lipinski definition) is 3. The Bertz CT molecular complexity index is 516. The summed E-state index contributed by atoms with van der Waals surface area (Å²) in [5.74, 6) is 0. The van der Waals surface area contributed by atoms with Crippen LogP contribution in [0.15, 0.2) is 12.4 Å². The van der Waals surface area contributed by atoms with Crippen LogP contribution in [0.25, 0.3) is 0 Å². The topological polar surface area (TPSA) is 53.4 Å². The Morgan fingerprint density at radius 3 is 2.67 bits per heavy atom. The molecule has 6 nitrogen and oxygen atoms in total. The number of nitrogens with zero attached hydrogens (tertiary/aromatic N) is 4. The summed E-state index contributed by atoms with van der Waals surface area (Å²) in [5, 5.41) is 7.29. The molecule has 6 heteroatoms. The number of carbonyl (C=O) groups is 1. The zero-order chi connectivity index (χ0) is 14.2. The summed E-state index contributed by atoms with van der Waals surface area (Å²) >= 11 is 0. The van der Waals surface area contributed by atoms with E-state index in [1.54, 1.807) is 4.90 Å². The standard InChI is InChI=1S/C15H23N5O/c21-15-16-6-7-19(15)13-8-17-20(11-13)14-9-18(10-14)12-4-2-1-3-5-12/h8,11-12,14H,1-7,9-10H2,(H,16,21). The van der Waals surface area contributed by atoms with Gasteiger partial charge in [-0.25, -0.2) is 4.79 Å². The maximum absolute atomic E-state index is 11.7. The molecule has 1 aromatic rings. The Morgan fingerprint density at radius 1 is 1.14 bits per heavy atom. The minimum absolute atomic E-state index is 0.00742. The molecule has 3 aliphatic rings. The molecule has 0 aromatic carbocycles. The second-order valence-electron chi connectivity index (χ2n) is 6.46. The van der Waals surface area contributed by atoms with E-state index in [1.165, 1.54) is 32.1 Å². The molecule has 4 rings (SSSR count). The zero-order valence-corrected chi connectivity index (χ0v) is 12.4. The largest absolute Gasteiger partial charge is 0.336 e. The summed E-state index contributed by atoms with van der Waals surface area (Å²) in [4.78, 5) is 16.0. The molecule has 0 spiro atoms. The van der Waals surface area contributed by atoms with Crippen LogP contribution < -0.4 is 10.2 Å². The lowest BCUT2D eigenvalue weighted by Gasteiger charge is -2.45. The molecular weight excluding hydrogens is 266 g/mol. The van der Waals surface area contributed by atoms with Gasteiger partial charge in [0.25, 0.3) is 0 Å². The third-order valence-electron chi connectivity index (χ3n) is 5.11. The van der Waals surface area contributed by atoms with E-state index in [1.807, 2.05) is 17.1 Å². The number of likely N-dealkylation sites (tertiary alicyclic amines) is 1. The molecule has 1 aromatic heterocycles. The number of carbonyl (C=O) groups excluding carboxylic acids is 1. The molecule has 0 bridgehead atoms. The van der Waals surface area contributed by atoms with E-state index in [2.05, 4.69) is 15.3 Å². The van der Waals surface area contributed by atoms with E-state index in [0.717, 1.165) is 37.9 Å². The van der Waals surface area contributed by atoms with Crippen molar-refractivity contribution >= 4 is 11.7 Å². The first-order valence-electron chi connectivity index (χ1n) is 8.15. The molecular formula is C15H23N5O. The molecule has 2 aliphatic heterocycles. The Morgan fingerprint density at radius 2 is 1.95 bits per heavy atom. The third kappa shape index (κ3) is 2.41.